The molecule has 0 heterocycles. The van der Waals surface area contributed by atoms with Gasteiger partial charge in [0.1, 0.15) is 0 Å². The van der Waals surface area contributed by atoms with Gasteiger partial charge < -0.3 is 0 Å². The molecular formula is C26H36N2O4S2. The van der Waals surface area contributed by atoms with Crippen LogP contribution in [0, 0.1) is 11.8 Å². The van der Waals surface area contributed by atoms with E-state index in [2.05, 4.69) is 23.3 Å². The highest BCUT2D eigenvalue weighted by atomic mass is 32.2. The summed E-state index contributed by atoms with van der Waals surface area (Å²) in [7, 11) is -7.15. The molecule has 34 heavy (non-hydrogen) atoms. The zero-order chi connectivity index (χ0) is 24.3. The molecule has 2 aliphatic carbocycles. The third-order valence-corrected chi connectivity index (χ3v) is 10.5. The van der Waals surface area contributed by atoms with Crippen LogP contribution in [0.15, 0.2) is 58.3 Å². The normalized spacial score (nSPS) is 26.3. The average Bonchev–Trinajstić information content (AvgIpc) is 2.82. The van der Waals surface area contributed by atoms with Crippen LogP contribution in [-0.4, -0.2) is 28.9 Å². The van der Waals surface area contributed by atoms with Crippen LogP contribution in [-0.2, 0) is 20.0 Å². The molecule has 0 spiro atoms. The second-order valence-electron chi connectivity index (χ2n) is 10.0. The lowest BCUT2D eigenvalue weighted by atomic mass is 9.87. The summed E-state index contributed by atoms with van der Waals surface area (Å²) in [6.07, 6.45) is 8.27. The molecule has 2 saturated carbocycles. The molecule has 0 aliphatic heterocycles. The Hall–Kier alpha value is -1.74. The van der Waals surface area contributed by atoms with Crippen molar-refractivity contribution in [3.63, 3.8) is 0 Å². The predicted octanol–water partition coefficient (Wildman–Crippen LogP) is 5.07. The minimum atomic E-state index is -3.57. The van der Waals surface area contributed by atoms with Crippen LogP contribution in [0.4, 0.5) is 0 Å². The first kappa shape index (κ1) is 25.4. The molecule has 4 atom stereocenters. The highest BCUT2D eigenvalue weighted by molar-refractivity contribution is 7.89. The molecule has 0 radical (unpaired) electrons. The van der Waals surface area contributed by atoms with Crippen molar-refractivity contribution in [2.45, 2.75) is 87.1 Å². The van der Waals surface area contributed by atoms with E-state index < -0.39 is 20.0 Å². The van der Waals surface area contributed by atoms with Crippen LogP contribution < -0.4 is 9.44 Å². The molecule has 2 aromatic rings. The van der Waals surface area contributed by atoms with Crippen LogP contribution in [0.3, 0.4) is 0 Å². The monoisotopic (exact) mass is 504 g/mol. The minimum Gasteiger partial charge on any atom is -0.208 e. The van der Waals surface area contributed by atoms with Gasteiger partial charge in [-0.05, 0) is 72.9 Å². The Balaban J connectivity index is 1.44. The number of rotatable bonds is 7. The number of sulfonamides is 2. The molecule has 0 saturated heterocycles. The zero-order valence-corrected chi connectivity index (χ0v) is 21.7. The number of hydrogen-bond donors (Lipinski definition) is 2. The van der Waals surface area contributed by atoms with Crippen molar-refractivity contribution in [1.29, 1.82) is 0 Å². The molecule has 2 aromatic carbocycles. The van der Waals surface area contributed by atoms with Gasteiger partial charge in [0, 0.05) is 12.1 Å². The van der Waals surface area contributed by atoms with Crippen LogP contribution >= 0.6 is 0 Å². The van der Waals surface area contributed by atoms with Gasteiger partial charge in [-0.1, -0.05) is 63.8 Å². The fraction of sp³-hybridized carbons (Fsp3) is 0.538. The molecule has 0 bridgehead atoms. The summed E-state index contributed by atoms with van der Waals surface area (Å²) in [5.41, 5.74) is 1.67. The van der Waals surface area contributed by atoms with Crippen LogP contribution in [0.1, 0.15) is 65.2 Å². The van der Waals surface area contributed by atoms with E-state index in [1.807, 2.05) is 0 Å². The number of benzene rings is 2. The summed E-state index contributed by atoms with van der Waals surface area (Å²) in [6.45, 7) is 4.20. The van der Waals surface area contributed by atoms with Gasteiger partial charge in [-0.3, -0.25) is 0 Å². The van der Waals surface area contributed by atoms with E-state index in [9.17, 15) is 16.8 Å². The van der Waals surface area contributed by atoms with Gasteiger partial charge in [-0.15, -0.1) is 0 Å². The molecular weight excluding hydrogens is 468 g/mol. The summed E-state index contributed by atoms with van der Waals surface area (Å²) in [4.78, 5) is 0.498. The standard InChI is InChI=1S/C26H36N2O4S2/c1-19-7-3-5-9-25(19)27-33(29,30)23-15-11-21(12-16-23)22-13-17-24(18-14-22)34(31,32)28-26-10-6-4-8-20(26)2/h11-20,25-28H,3-10H2,1-2H3/t19-,20-,25-,26+/m1/s1. The van der Waals surface area contributed by atoms with E-state index in [-0.39, 0.29) is 21.9 Å². The SMILES string of the molecule is C[C@@H]1CCCC[C@@H]1NS(=O)(=O)c1ccc(-c2ccc(S(=O)(=O)N[C@@H]3CCCC[C@H]3C)cc2)cc1. The Morgan fingerprint density at radius 3 is 1.21 bits per heavy atom. The summed E-state index contributed by atoms with van der Waals surface area (Å²) < 4.78 is 57.2. The first-order valence-electron chi connectivity index (χ1n) is 12.4. The van der Waals surface area contributed by atoms with Gasteiger partial charge in [-0.25, -0.2) is 26.3 Å². The molecule has 6 nitrogen and oxygen atoms in total. The predicted molar refractivity (Wildman–Crippen MR) is 135 cm³/mol. The van der Waals surface area contributed by atoms with Crippen molar-refractivity contribution in [2.24, 2.45) is 11.8 Å². The summed E-state index contributed by atoms with van der Waals surface area (Å²) >= 11 is 0. The topological polar surface area (TPSA) is 92.3 Å². The van der Waals surface area contributed by atoms with E-state index in [4.69, 9.17) is 0 Å². The molecule has 0 amide bonds. The molecule has 0 unspecified atom stereocenters. The van der Waals surface area contributed by atoms with Crippen molar-refractivity contribution in [2.75, 3.05) is 0 Å². The van der Waals surface area contributed by atoms with Gasteiger partial charge >= 0.3 is 0 Å². The summed E-state index contributed by atoms with van der Waals surface area (Å²) in [6, 6.07) is 13.5. The Morgan fingerprint density at radius 2 is 0.882 bits per heavy atom. The maximum absolute atomic E-state index is 12.9. The lowest BCUT2D eigenvalue weighted by Crippen LogP contribution is -2.40. The number of nitrogens with one attached hydrogen (secondary N) is 2. The molecule has 4 rings (SSSR count). The van der Waals surface area contributed by atoms with Crippen LogP contribution in [0.25, 0.3) is 11.1 Å². The molecule has 2 aliphatic rings. The largest absolute Gasteiger partial charge is 0.240 e. The minimum absolute atomic E-state index is 0.0156. The highest BCUT2D eigenvalue weighted by Gasteiger charge is 2.28. The molecule has 0 aromatic heterocycles. The van der Waals surface area contributed by atoms with Crippen molar-refractivity contribution < 1.29 is 16.8 Å². The van der Waals surface area contributed by atoms with Gasteiger partial charge in [0.25, 0.3) is 0 Å². The average molecular weight is 505 g/mol. The van der Waals surface area contributed by atoms with Crippen LogP contribution in [0.2, 0.25) is 0 Å². The molecule has 2 N–H and O–H groups in total. The second kappa shape index (κ2) is 10.5. The lowest BCUT2D eigenvalue weighted by Gasteiger charge is -2.29. The fourth-order valence-corrected chi connectivity index (χ4v) is 7.93. The van der Waals surface area contributed by atoms with Gasteiger partial charge in [0.05, 0.1) is 9.79 Å². The second-order valence-corrected chi connectivity index (χ2v) is 13.5. The summed E-state index contributed by atoms with van der Waals surface area (Å²) in [5.74, 6) is 0.682. The van der Waals surface area contributed by atoms with E-state index in [0.29, 0.717) is 11.8 Å². The van der Waals surface area contributed by atoms with E-state index in [0.717, 1.165) is 62.5 Å². The van der Waals surface area contributed by atoms with E-state index in [1.165, 1.54) is 0 Å². The Bertz CT molecular complexity index is 1080. The van der Waals surface area contributed by atoms with Gasteiger partial charge in [0.2, 0.25) is 20.0 Å². The van der Waals surface area contributed by atoms with Crippen LogP contribution in [0.5, 0.6) is 0 Å². The van der Waals surface area contributed by atoms with Gasteiger partial charge in [-0.2, -0.15) is 0 Å². The third kappa shape index (κ3) is 5.90. The smallest absolute Gasteiger partial charge is 0.208 e. The fourth-order valence-electron chi connectivity index (χ4n) is 5.17. The molecule has 2 fully saturated rings. The van der Waals surface area contributed by atoms with Gasteiger partial charge in [0.15, 0.2) is 0 Å². The first-order valence-corrected chi connectivity index (χ1v) is 15.4. The van der Waals surface area contributed by atoms with Crippen molar-refractivity contribution in [3.8, 4) is 11.1 Å². The molecule has 186 valence electrons. The zero-order valence-electron chi connectivity index (χ0n) is 20.0. The highest BCUT2D eigenvalue weighted by Crippen LogP contribution is 2.28. The van der Waals surface area contributed by atoms with Crippen molar-refractivity contribution >= 4 is 20.0 Å². The Kier molecular flexibility index (Phi) is 7.82. The lowest BCUT2D eigenvalue weighted by molar-refractivity contribution is 0.310. The van der Waals surface area contributed by atoms with Crippen molar-refractivity contribution in [1.82, 2.24) is 9.44 Å². The van der Waals surface area contributed by atoms with Crippen molar-refractivity contribution in [3.05, 3.63) is 48.5 Å². The third-order valence-electron chi connectivity index (χ3n) is 7.50. The molecule has 8 heteroatoms. The first-order chi connectivity index (χ1) is 16.2. The maximum atomic E-state index is 12.9. The quantitative estimate of drug-likeness (QED) is 0.551. The van der Waals surface area contributed by atoms with E-state index >= 15 is 0 Å². The van der Waals surface area contributed by atoms with E-state index in [1.54, 1.807) is 48.5 Å². The number of hydrogen-bond acceptors (Lipinski definition) is 4. The Labute approximate surface area is 204 Å². The summed E-state index contributed by atoms with van der Waals surface area (Å²) in [5, 5.41) is 0. The maximum Gasteiger partial charge on any atom is 0.240 e. The Morgan fingerprint density at radius 1 is 0.559 bits per heavy atom.